The molecule has 2 atom stereocenters. The third-order valence-corrected chi connectivity index (χ3v) is 3.53. The van der Waals surface area contributed by atoms with Gasteiger partial charge in [-0.05, 0) is 25.8 Å². The van der Waals surface area contributed by atoms with Gasteiger partial charge in [0.15, 0.2) is 6.10 Å². The molecular formula is C16H20N2O4. The fourth-order valence-electron chi connectivity index (χ4n) is 2.14. The van der Waals surface area contributed by atoms with Crippen molar-refractivity contribution in [2.45, 2.75) is 45.4 Å². The Labute approximate surface area is 129 Å². The second-order valence-corrected chi connectivity index (χ2v) is 5.44. The molecule has 0 aromatic heterocycles. The zero-order valence-electron chi connectivity index (χ0n) is 12.7. The summed E-state index contributed by atoms with van der Waals surface area (Å²) in [6, 6.07) is 7.15. The molecule has 0 aliphatic carbocycles. The molecule has 1 fully saturated rings. The highest BCUT2D eigenvalue weighted by Gasteiger charge is 2.30. The van der Waals surface area contributed by atoms with Gasteiger partial charge in [0.05, 0.1) is 0 Å². The number of carbonyl (C=O) groups excluding carboxylic acids is 3. The van der Waals surface area contributed by atoms with E-state index in [-0.39, 0.29) is 11.8 Å². The second-order valence-electron chi connectivity index (χ2n) is 5.44. The molecule has 0 spiro atoms. The minimum atomic E-state index is -0.893. The molecule has 0 radical (unpaired) electrons. The lowest BCUT2D eigenvalue weighted by atomic mass is 10.1. The third kappa shape index (κ3) is 4.31. The van der Waals surface area contributed by atoms with E-state index in [1.54, 1.807) is 0 Å². The van der Waals surface area contributed by atoms with Gasteiger partial charge in [-0.15, -0.1) is 0 Å². The van der Waals surface area contributed by atoms with Crippen molar-refractivity contribution in [3.05, 3.63) is 35.4 Å². The monoisotopic (exact) mass is 304 g/mol. The quantitative estimate of drug-likeness (QED) is 0.789. The van der Waals surface area contributed by atoms with Crippen LogP contribution < -0.4 is 10.6 Å². The Hall–Kier alpha value is -2.37. The first kappa shape index (κ1) is 16.0. The van der Waals surface area contributed by atoms with Gasteiger partial charge in [0.1, 0.15) is 6.04 Å². The molecule has 1 heterocycles. The normalized spacial score (nSPS) is 18.5. The number of hydrogen-bond acceptors (Lipinski definition) is 4. The summed E-state index contributed by atoms with van der Waals surface area (Å²) in [5, 5.41) is 5.24. The Bertz CT molecular complexity index is 568. The third-order valence-electron chi connectivity index (χ3n) is 3.53. The van der Waals surface area contributed by atoms with Crippen LogP contribution in [0.1, 0.15) is 30.9 Å². The topological polar surface area (TPSA) is 84.5 Å². The number of hydrogen-bond donors (Lipinski definition) is 2. The van der Waals surface area contributed by atoms with Gasteiger partial charge in [-0.1, -0.05) is 29.8 Å². The van der Waals surface area contributed by atoms with E-state index in [0.29, 0.717) is 19.4 Å². The lowest BCUT2D eigenvalue weighted by Gasteiger charge is -2.16. The van der Waals surface area contributed by atoms with Crippen molar-refractivity contribution in [3.8, 4) is 0 Å². The fraction of sp³-hybridized carbons (Fsp3) is 0.438. The van der Waals surface area contributed by atoms with Gasteiger partial charge in [0.25, 0.3) is 5.91 Å². The zero-order chi connectivity index (χ0) is 16.1. The number of rotatable bonds is 5. The van der Waals surface area contributed by atoms with E-state index >= 15 is 0 Å². The lowest BCUT2D eigenvalue weighted by Crippen LogP contribution is -2.41. The van der Waals surface area contributed by atoms with Crippen molar-refractivity contribution in [2.24, 2.45) is 0 Å². The molecule has 2 rings (SSSR count). The van der Waals surface area contributed by atoms with Gasteiger partial charge < -0.3 is 15.4 Å². The van der Waals surface area contributed by atoms with E-state index in [0.717, 1.165) is 11.1 Å². The maximum Gasteiger partial charge on any atom is 0.329 e. The summed E-state index contributed by atoms with van der Waals surface area (Å²) >= 11 is 0. The van der Waals surface area contributed by atoms with Crippen LogP contribution in [0.5, 0.6) is 0 Å². The molecule has 1 aliphatic rings. The van der Waals surface area contributed by atoms with Crippen molar-refractivity contribution in [3.63, 3.8) is 0 Å². The van der Waals surface area contributed by atoms with E-state index in [9.17, 15) is 14.4 Å². The molecule has 1 aromatic rings. The SMILES string of the molecule is Cc1ccc(CNC(=O)[C@@H](C)OC(=O)[C@H]2CCC(=O)N2)cc1. The van der Waals surface area contributed by atoms with Crippen LogP contribution in [0.25, 0.3) is 0 Å². The van der Waals surface area contributed by atoms with Gasteiger partial charge in [-0.25, -0.2) is 4.79 Å². The van der Waals surface area contributed by atoms with Crippen molar-refractivity contribution < 1.29 is 19.1 Å². The maximum absolute atomic E-state index is 11.9. The fourth-order valence-corrected chi connectivity index (χ4v) is 2.14. The van der Waals surface area contributed by atoms with Crippen LogP contribution in [0, 0.1) is 6.92 Å². The minimum Gasteiger partial charge on any atom is -0.451 e. The average Bonchev–Trinajstić information content (AvgIpc) is 2.93. The van der Waals surface area contributed by atoms with Crippen LogP contribution in [-0.4, -0.2) is 29.9 Å². The summed E-state index contributed by atoms with van der Waals surface area (Å²) in [4.78, 5) is 34.8. The Balaban J connectivity index is 1.78. The molecule has 6 nitrogen and oxygen atoms in total. The Morgan fingerprint density at radius 1 is 1.36 bits per heavy atom. The maximum atomic E-state index is 11.9. The van der Waals surface area contributed by atoms with Crippen molar-refractivity contribution in [2.75, 3.05) is 0 Å². The summed E-state index contributed by atoms with van der Waals surface area (Å²) in [7, 11) is 0. The van der Waals surface area contributed by atoms with E-state index < -0.39 is 18.1 Å². The average molecular weight is 304 g/mol. The molecule has 22 heavy (non-hydrogen) atoms. The summed E-state index contributed by atoms with van der Waals surface area (Å²) in [6.45, 7) is 3.88. The Morgan fingerprint density at radius 3 is 2.64 bits per heavy atom. The van der Waals surface area contributed by atoms with E-state index in [1.165, 1.54) is 6.92 Å². The number of aryl methyl sites for hydroxylation is 1. The van der Waals surface area contributed by atoms with Crippen LogP contribution in [0.15, 0.2) is 24.3 Å². The molecule has 2 amide bonds. The van der Waals surface area contributed by atoms with E-state index in [4.69, 9.17) is 4.74 Å². The minimum absolute atomic E-state index is 0.168. The first-order valence-electron chi connectivity index (χ1n) is 7.29. The van der Waals surface area contributed by atoms with Gasteiger partial charge in [0, 0.05) is 13.0 Å². The predicted molar refractivity (Wildman–Crippen MR) is 79.7 cm³/mol. The first-order chi connectivity index (χ1) is 10.5. The van der Waals surface area contributed by atoms with Crippen LogP contribution in [0.2, 0.25) is 0 Å². The predicted octanol–water partition coefficient (Wildman–Crippen LogP) is 0.822. The van der Waals surface area contributed by atoms with Crippen molar-refractivity contribution in [1.82, 2.24) is 10.6 Å². The molecule has 0 saturated carbocycles. The molecule has 1 saturated heterocycles. The highest BCUT2D eigenvalue weighted by atomic mass is 16.5. The lowest BCUT2D eigenvalue weighted by molar-refractivity contribution is -0.156. The highest BCUT2D eigenvalue weighted by molar-refractivity contribution is 5.90. The van der Waals surface area contributed by atoms with Crippen molar-refractivity contribution in [1.29, 1.82) is 0 Å². The Morgan fingerprint density at radius 2 is 2.05 bits per heavy atom. The molecule has 1 aromatic carbocycles. The van der Waals surface area contributed by atoms with Crippen LogP contribution in [0.4, 0.5) is 0 Å². The number of amides is 2. The largest absolute Gasteiger partial charge is 0.451 e. The van der Waals surface area contributed by atoms with Crippen LogP contribution >= 0.6 is 0 Å². The summed E-state index contributed by atoms with van der Waals surface area (Å²) in [5.74, 6) is -1.10. The Kier molecular flexibility index (Phi) is 5.14. The van der Waals surface area contributed by atoms with Gasteiger partial charge in [-0.3, -0.25) is 9.59 Å². The zero-order valence-corrected chi connectivity index (χ0v) is 12.7. The number of esters is 1. The van der Waals surface area contributed by atoms with Crippen LogP contribution in [-0.2, 0) is 25.7 Å². The molecule has 2 N–H and O–H groups in total. The number of nitrogens with one attached hydrogen (secondary N) is 2. The second kappa shape index (κ2) is 7.06. The standard InChI is InChI=1S/C16H20N2O4/c1-10-3-5-12(6-4-10)9-17-15(20)11(2)22-16(21)13-7-8-14(19)18-13/h3-6,11,13H,7-9H2,1-2H3,(H,17,20)(H,18,19)/t11-,13-/m1/s1. The summed E-state index contributed by atoms with van der Waals surface area (Å²) < 4.78 is 5.09. The smallest absolute Gasteiger partial charge is 0.329 e. The van der Waals surface area contributed by atoms with Crippen molar-refractivity contribution >= 4 is 17.8 Å². The molecule has 0 unspecified atom stereocenters. The molecule has 6 heteroatoms. The molecular weight excluding hydrogens is 284 g/mol. The number of carbonyl (C=O) groups is 3. The number of benzene rings is 1. The van der Waals surface area contributed by atoms with Crippen LogP contribution in [0.3, 0.4) is 0 Å². The number of ether oxygens (including phenoxy) is 1. The molecule has 118 valence electrons. The molecule has 0 bridgehead atoms. The van der Waals surface area contributed by atoms with E-state index in [2.05, 4.69) is 10.6 Å². The first-order valence-corrected chi connectivity index (χ1v) is 7.29. The van der Waals surface area contributed by atoms with E-state index in [1.807, 2.05) is 31.2 Å². The van der Waals surface area contributed by atoms with Gasteiger partial charge in [0.2, 0.25) is 5.91 Å². The summed E-state index contributed by atoms with van der Waals surface area (Å²) in [5.41, 5.74) is 2.12. The van der Waals surface area contributed by atoms with Gasteiger partial charge >= 0.3 is 5.97 Å². The highest BCUT2D eigenvalue weighted by Crippen LogP contribution is 2.09. The molecule has 1 aliphatic heterocycles. The van der Waals surface area contributed by atoms with Gasteiger partial charge in [-0.2, -0.15) is 0 Å². The summed E-state index contributed by atoms with van der Waals surface area (Å²) in [6.07, 6.45) is -0.168.